The smallest absolute Gasteiger partial charge is 0.323 e. The van der Waals surface area contributed by atoms with E-state index < -0.39 is 12.0 Å². The lowest BCUT2D eigenvalue weighted by atomic mass is 10.0. The minimum Gasteiger partial charge on any atom is -0.480 e. The van der Waals surface area contributed by atoms with Crippen LogP contribution in [0.3, 0.4) is 0 Å². The summed E-state index contributed by atoms with van der Waals surface area (Å²) in [5.41, 5.74) is -0.258. The molecule has 2 fully saturated rings. The van der Waals surface area contributed by atoms with Crippen molar-refractivity contribution in [1.82, 2.24) is 5.32 Å². The van der Waals surface area contributed by atoms with Gasteiger partial charge < -0.3 is 14.6 Å². The molecule has 0 aliphatic carbocycles. The van der Waals surface area contributed by atoms with Crippen LogP contribution in [0.2, 0.25) is 0 Å². The predicted octanol–water partition coefficient (Wildman–Crippen LogP) is -0.781. The Labute approximate surface area is 76.0 Å². The van der Waals surface area contributed by atoms with Crippen molar-refractivity contribution in [3.63, 3.8) is 0 Å². The molecular weight excluding hydrogens is 174 g/mol. The Kier molecular flexibility index (Phi) is 2.23. The first-order valence-electron chi connectivity index (χ1n) is 4.40. The van der Waals surface area contributed by atoms with E-state index >= 15 is 0 Å². The molecule has 0 aromatic heterocycles. The van der Waals surface area contributed by atoms with Gasteiger partial charge in [0.05, 0.1) is 13.2 Å². The predicted molar refractivity (Wildman–Crippen MR) is 43.5 cm³/mol. The normalized spacial score (nSPS) is 39.5. The molecule has 2 unspecified atom stereocenters. The summed E-state index contributed by atoms with van der Waals surface area (Å²) < 4.78 is 10.8. The summed E-state index contributed by atoms with van der Waals surface area (Å²) in [7, 11) is 0. The summed E-state index contributed by atoms with van der Waals surface area (Å²) in [4.78, 5) is 10.6. The van der Waals surface area contributed by atoms with Gasteiger partial charge in [-0.25, -0.2) is 0 Å². The number of carboxylic acid groups (broad SMARTS) is 1. The summed E-state index contributed by atoms with van der Waals surface area (Å²) in [6.07, 6.45) is 0.854. The van der Waals surface area contributed by atoms with E-state index in [1.807, 2.05) is 0 Å². The summed E-state index contributed by atoms with van der Waals surface area (Å²) in [5.74, 6) is -0.853. The maximum atomic E-state index is 10.6. The lowest BCUT2D eigenvalue weighted by Gasteiger charge is -2.35. The first kappa shape index (κ1) is 8.93. The average molecular weight is 187 g/mol. The zero-order chi connectivity index (χ0) is 9.31. The summed E-state index contributed by atoms with van der Waals surface area (Å²) in [5, 5.41) is 11.6. The maximum absolute atomic E-state index is 10.6. The van der Waals surface area contributed by atoms with Gasteiger partial charge in [-0.05, 0) is 0 Å². The van der Waals surface area contributed by atoms with Gasteiger partial charge in [0.2, 0.25) is 0 Å². The fourth-order valence-electron chi connectivity index (χ4n) is 1.68. The average Bonchev–Trinajstić information content (AvgIpc) is 2.54. The molecule has 2 atom stereocenters. The molecule has 0 bridgehead atoms. The monoisotopic (exact) mass is 187 g/mol. The Hall–Kier alpha value is -0.650. The zero-order valence-corrected chi connectivity index (χ0v) is 7.28. The molecule has 2 aliphatic heterocycles. The molecule has 5 heteroatoms. The summed E-state index contributed by atoms with van der Waals surface area (Å²) in [6.45, 7) is 2.09. The lowest BCUT2D eigenvalue weighted by molar-refractivity contribution is -0.149. The van der Waals surface area contributed by atoms with Gasteiger partial charge in [0.1, 0.15) is 11.6 Å². The van der Waals surface area contributed by atoms with Crippen molar-refractivity contribution in [3.05, 3.63) is 0 Å². The lowest BCUT2D eigenvalue weighted by Crippen LogP contribution is -2.57. The van der Waals surface area contributed by atoms with Crippen LogP contribution in [0.25, 0.3) is 0 Å². The van der Waals surface area contributed by atoms with E-state index in [-0.39, 0.29) is 12.2 Å². The number of carboxylic acids is 1. The summed E-state index contributed by atoms with van der Waals surface area (Å²) in [6, 6.07) is -0.564. The van der Waals surface area contributed by atoms with Crippen LogP contribution in [0.1, 0.15) is 6.42 Å². The summed E-state index contributed by atoms with van der Waals surface area (Å²) >= 11 is 0. The fourth-order valence-corrected chi connectivity index (χ4v) is 1.68. The highest BCUT2D eigenvalue weighted by molar-refractivity contribution is 5.73. The quantitative estimate of drug-likeness (QED) is 0.563. The van der Waals surface area contributed by atoms with Crippen LogP contribution in [0, 0.1) is 0 Å². The molecule has 0 aromatic carbocycles. The van der Waals surface area contributed by atoms with Crippen molar-refractivity contribution < 1.29 is 19.4 Å². The molecule has 2 N–H and O–H groups in total. The molecule has 1 spiro atoms. The molecule has 0 amide bonds. The highest BCUT2D eigenvalue weighted by atomic mass is 16.6. The van der Waals surface area contributed by atoms with Crippen molar-refractivity contribution in [3.8, 4) is 0 Å². The van der Waals surface area contributed by atoms with Gasteiger partial charge in [-0.3, -0.25) is 10.1 Å². The number of ether oxygens (including phenoxy) is 2. The highest BCUT2D eigenvalue weighted by Gasteiger charge is 2.41. The van der Waals surface area contributed by atoms with Gasteiger partial charge in [-0.1, -0.05) is 0 Å². The topological polar surface area (TPSA) is 67.8 Å². The van der Waals surface area contributed by atoms with Crippen LogP contribution in [0.4, 0.5) is 0 Å². The van der Waals surface area contributed by atoms with E-state index in [1.54, 1.807) is 0 Å². The molecule has 0 saturated carbocycles. The first-order valence-corrected chi connectivity index (χ1v) is 4.40. The highest BCUT2D eigenvalue weighted by Crippen LogP contribution is 2.25. The fraction of sp³-hybridized carbons (Fsp3) is 0.875. The van der Waals surface area contributed by atoms with Gasteiger partial charge in [0, 0.05) is 19.6 Å². The number of aliphatic carboxylic acids is 1. The Bertz CT molecular complexity index is 202. The molecule has 2 saturated heterocycles. The van der Waals surface area contributed by atoms with E-state index in [9.17, 15) is 4.79 Å². The van der Waals surface area contributed by atoms with Crippen molar-refractivity contribution in [2.24, 2.45) is 0 Å². The number of hydrogen-bond acceptors (Lipinski definition) is 4. The van der Waals surface area contributed by atoms with Crippen molar-refractivity contribution in [2.45, 2.75) is 18.1 Å². The molecular formula is C8H13NO4. The second kappa shape index (κ2) is 3.25. The second-order valence-corrected chi connectivity index (χ2v) is 3.57. The molecule has 74 valence electrons. The standard InChI is InChI=1S/C8H13NO4/c10-7(11)6-3-13-8(4-9-6)1-2-12-5-8/h6,9H,1-5H2,(H,10,11). The molecule has 2 rings (SSSR count). The van der Waals surface area contributed by atoms with Crippen LogP contribution >= 0.6 is 0 Å². The number of morpholine rings is 1. The molecule has 13 heavy (non-hydrogen) atoms. The van der Waals surface area contributed by atoms with E-state index in [0.717, 1.165) is 6.42 Å². The minimum absolute atomic E-state index is 0.235. The first-order chi connectivity index (χ1) is 6.22. The second-order valence-electron chi connectivity index (χ2n) is 3.57. The van der Waals surface area contributed by atoms with Gasteiger partial charge in [0.15, 0.2) is 0 Å². The Morgan fingerprint density at radius 1 is 1.62 bits per heavy atom. The van der Waals surface area contributed by atoms with Gasteiger partial charge in [0.25, 0.3) is 0 Å². The van der Waals surface area contributed by atoms with E-state index in [0.29, 0.717) is 19.8 Å². The van der Waals surface area contributed by atoms with Crippen LogP contribution in [0.15, 0.2) is 0 Å². The van der Waals surface area contributed by atoms with Crippen molar-refractivity contribution >= 4 is 5.97 Å². The van der Waals surface area contributed by atoms with E-state index in [1.165, 1.54) is 0 Å². The molecule has 0 radical (unpaired) electrons. The van der Waals surface area contributed by atoms with Gasteiger partial charge >= 0.3 is 5.97 Å². The third kappa shape index (κ3) is 1.67. The number of rotatable bonds is 1. The number of nitrogens with one attached hydrogen (secondary N) is 1. The third-order valence-corrected chi connectivity index (χ3v) is 2.59. The van der Waals surface area contributed by atoms with E-state index in [2.05, 4.69) is 5.32 Å². The van der Waals surface area contributed by atoms with Crippen LogP contribution in [-0.4, -0.2) is 49.1 Å². The minimum atomic E-state index is -0.853. The molecule has 0 aromatic rings. The molecule has 2 aliphatic rings. The maximum Gasteiger partial charge on any atom is 0.323 e. The third-order valence-electron chi connectivity index (χ3n) is 2.59. The zero-order valence-electron chi connectivity index (χ0n) is 7.28. The van der Waals surface area contributed by atoms with Crippen LogP contribution in [0.5, 0.6) is 0 Å². The Balaban J connectivity index is 1.91. The molecule has 2 heterocycles. The van der Waals surface area contributed by atoms with Crippen LogP contribution in [-0.2, 0) is 14.3 Å². The SMILES string of the molecule is O=C(O)C1COC2(CCOC2)CN1. The Morgan fingerprint density at radius 3 is 2.92 bits per heavy atom. The largest absolute Gasteiger partial charge is 0.480 e. The van der Waals surface area contributed by atoms with Crippen molar-refractivity contribution in [2.75, 3.05) is 26.4 Å². The Morgan fingerprint density at radius 2 is 2.46 bits per heavy atom. The number of carbonyl (C=O) groups is 1. The van der Waals surface area contributed by atoms with Gasteiger partial charge in [-0.15, -0.1) is 0 Å². The van der Waals surface area contributed by atoms with E-state index in [4.69, 9.17) is 14.6 Å². The van der Waals surface area contributed by atoms with Gasteiger partial charge in [-0.2, -0.15) is 0 Å². The van der Waals surface area contributed by atoms with Crippen molar-refractivity contribution in [1.29, 1.82) is 0 Å². The van der Waals surface area contributed by atoms with Crippen LogP contribution < -0.4 is 5.32 Å². The number of hydrogen-bond donors (Lipinski definition) is 2. The molecule has 5 nitrogen and oxygen atoms in total.